The monoisotopic (exact) mass is 305 g/mol. The van der Waals surface area contributed by atoms with Crippen LogP contribution in [0.2, 0.25) is 5.02 Å². The van der Waals surface area contributed by atoms with Gasteiger partial charge in [-0.2, -0.15) is 0 Å². The molecule has 0 spiro atoms. The van der Waals surface area contributed by atoms with Gasteiger partial charge in [-0.25, -0.2) is 4.98 Å². The molecule has 1 fully saturated rings. The van der Waals surface area contributed by atoms with E-state index in [0.29, 0.717) is 6.04 Å². The Morgan fingerprint density at radius 1 is 1.33 bits per heavy atom. The number of hydrogen-bond donors (Lipinski definition) is 1. The normalized spacial score (nSPS) is 17.0. The average molecular weight is 306 g/mol. The third-order valence-corrected chi connectivity index (χ3v) is 4.71. The van der Waals surface area contributed by atoms with Crippen molar-refractivity contribution in [1.82, 2.24) is 14.9 Å². The minimum Gasteiger partial charge on any atom is -0.325 e. The molecular formula is C17H24ClN3. The number of rotatable bonds is 4. The number of fused-ring (bicyclic) bond motifs is 1. The maximum absolute atomic E-state index is 6.16. The summed E-state index contributed by atoms with van der Waals surface area (Å²) in [5, 5.41) is 4.22. The Kier molecular flexibility index (Phi) is 4.51. The number of halogens is 1. The molecule has 1 aliphatic heterocycles. The van der Waals surface area contributed by atoms with E-state index in [1.54, 1.807) is 0 Å². The summed E-state index contributed by atoms with van der Waals surface area (Å²) in [6, 6.07) is 6.41. The highest BCUT2D eigenvalue weighted by molar-refractivity contribution is 6.31. The van der Waals surface area contributed by atoms with Crippen LogP contribution in [0.15, 0.2) is 18.2 Å². The summed E-state index contributed by atoms with van der Waals surface area (Å²) in [6.07, 6.45) is 4.90. The van der Waals surface area contributed by atoms with Crippen LogP contribution in [0.25, 0.3) is 11.0 Å². The fraction of sp³-hybridized carbons (Fsp3) is 0.588. The number of imidazole rings is 1. The third kappa shape index (κ3) is 3.24. The van der Waals surface area contributed by atoms with E-state index in [4.69, 9.17) is 16.6 Å². The zero-order valence-corrected chi connectivity index (χ0v) is 13.7. The molecule has 0 radical (unpaired) electrons. The van der Waals surface area contributed by atoms with Gasteiger partial charge in [-0.3, -0.25) is 0 Å². The van der Waals surface area contributed by atoms with Crippen LogP contribution in [0, 0.1) is 5.92 Å². The van der Waals surface area contributed by atoms with Crippen LogP contribution in [-0.2, 0) is 6.42 Å². The number of nitrogens with zero attached hydrogens (tertiary/aromatic N) is 2. The Hall–Kier alpha value is -1.06. The number of benzene rings is 1. The molecule has 1 saturated heterocycles. The first-order valence-electron chi connectivity index (χ1n) is 8.02. The first-order chi connectivity index (χ1) is 10.1. The van der Waals surface area contributed by atoms with Crippen LogP contribution >= 0.6 is 11.6 Å². The van der Waals surface area contributed by atoms with E-state index in [2.05, 4.69) is 23.7 Å². The lowest BCUT2D eigenvalue weighted by Gasteiger charge is -2.22. The second kappa shape index (κ2) is 6.37. The predicted molar refractivity (Wildman–Crippen MR) is 89.0 cm³/mol. The number of aromatic nitrogens is 2. The van der Waals surface area contributed by atoms with Crippen LogP contribution in [0.3, 0.4) is 0 Å². The van der Waals surface area contributed by atoms with E-state index in [-0.39, 0.29) is 0 Å². The lowest BCUT2D eigenvalue weighted by Crippen LogP contribution is -2.28. The molecule has 2 aromatic rings. The molecule has 1 aliphatic rings. The highest BCUT2D eigenvalue weighted by Crippen LogP contribution is 2.26. The fourth-order valence-corrected chi connectivity index (χ4v) is 3.54. The van der Waals surface area contributed by atoms with Gasteiger partial charge < -0.3 is 9.88 Å². The average Bonchev–Trinajstić information content (AvgIpc) is 2.84. The van der Waals surface area contributed by atoms with Crippen molar-refractivity contribution in [2.24, 2.45) is 5.92 Å². The van der Waals surface area contributed by atoms with E-state index in [0.717, 1.165) is 28.4 Å². The van der Waals surface area contributed by atoms with Gasteiger partial charge in [0.15, 0.2) is 0 Å². The molecule has 0 amide bonds. The Morgan fingerprint density at radius 2 is 2.10 bits per heavy atom. The molecule has 0 unspecified atom stereocenters. The van der Waals surface area contributed by atoms with E-state index >= 15 is 0 Å². The number of hydrogen-bond acceptors (Lipinski definition) is 2. The van der Waals surface area contributed by atoms with Gasteiger partial charge in [0, 0.05) is 17.5 Å². The minimum absolute atomic E-state index is 0.413. The van der Waals surface area contributed by atoms with Crippen LogP contribution in [0.1, 0.15) is 45.0 Å². The van der Waals surface area contributed by atoms with Gasteiger partial charge in [-0.15, -0.1) is 0 Å². The second-order valence-corrected chi connectivity index (χ2v) is 6.79. The van der Waals surface area contributed by atoms with Gasteiger partial charge in [0.2, 0.25) is 0 Å². The molecule has 0 bridgehead atoms. The van der Waals surface area contributed by atoms with Crippen LogP contribution in [-0.4, -0.2) is 22.6 Å². The molecule has 3 rings (SSSR count). The van der Waals surface area contributed by atoms with Crippen molar-refractivity contribution in [3.05, 3.63) is 29.0 Å². The number of nitrogens with one attached hydrogen (secondary N) is 1. The van der Waals surface area contributed by atoms with Gasteiger partial charge >= 0.3 is 0 Å². The minimum atomic E-state index is 0.413. The van der Waals surface area contributed by atoms with Crippen molar-refractivity contribution in [1.29, 1.82) is 0 Å². The molecule has 0 atom stereocenters. The Bertz CT molecular complexity index is 612. The van der Waals surface area contributed by atoms with E-state index in [1.807, 2.05) is 18.2 Å². The number of piperidine rings is 1. The summed E-state index contributed by atoms with van der Waals surface area (Å²) in [7, 11) is 0. The summed E-state index contributed by atoms with van der Waals surface area (Å²) in [5.41, 5.74) is 2.23. The predicted octanol–water partition coefficient (Wildman–Crippen LogP) is 4.20. The molecule has 1 aromatic heterocycles. The molecule has 4 heteroatoms. The summed E-state index contributed by atoms with van der Waals surface area (Å²) < 4.78 is 2.35. The standard InChI is InChI=1S/C17H24ClN3/c1-12(2)21-16-11-14(18)4-5-15(16)20-17(21)6-3-13-7-9-19-10-8-13/h4-5,11-13,19H,3,6-10H2,1-2H3. The van der Waals surface area contributed by atoms with Crippen LogP contribution in [0.5, 0.6) is 0 Å². The molecule has 3 nitrogen and oxygen atoms in total. The SMILES string of the molecule is CC(C)n1c(CCC2CCNCC2)nc2ccc(Cl)cc21. The molecule has 0 aliphatic carbocycles. The van der Waals surface area contributed by atoms with E-state index in [9.17, 15) is 0 Å². The van der Waals surface area contributed by atoms with Gasteiger partial charge in [0.05, 0.1) is 11.0 Å². The smallest absolute Gasteiger partial charge is 0.110 e. The van der Waals surface area contributed by atoms with Gasteiger partial charge in [-0.05, 0) is 70.3 Å². The fourth-order valence-electron chi connectivity index (χ4n) is 3.37. The van der Waals surface area contributed by atoms with Crippen molar-refractivity contribution >= 4 is 22.6 Å². The first-order valence-corrected chi connectivity index (χ1v) is 8.40. The third-order valence-electron chi connectivity index (χ3n) is 4.48. The summed E-state index contributed by atoms with van der Waals surface area (Å²) in [4.78, 5) is 4.85. The second-order valence-electron chi connectivity index (χ2n) is 6.36. The number of aryl methyl sites for hydroxylation is 1. The molecule has 114 valence electrons. The quantitative estimate of drug-likeness (QED) is 0.917. The Labute approximate surface area is 131 Å². The summed E-state index contributed by atoms with van der Waals surface area (Å²) >= 11 is 6.16. The van der Waals surface area contributed by atoms with E-state index in [1.165, 1.54) is 38.2 Å². The molecule has 2 heterocycles. The maximum atomic E-state index is 6.16. The molecule has 1 N–H and O–H groups in total. The lowest BCUT2D eigenvalue weighted by molar-refractivity contribution is 0.350. The Balaban J connectivity index is 1.84. The van der Waals surface area contributed by atoms with Crippen LogP contribution < -0.4 is 5.32 Å². The first kappa shape index (κ1) is 14.9. The Morgan fingerprint density at radius 3 is 2.81 bits per heavy atom. The van der Waals surface area contributed by atoms with E-state index < -0.39 is 0 Å². The summed E-state index contributed by atoms with van der Waals surface area (Å²) in [6.45, 7) is 6.77. The lowest BCUT2D eigenvalue weighted by atomic mass is 9.93. The maximum Gasteiger partial charge on any atom is 0.110 e. The highest BCUT2D eigenvalue weighted by atomic mass is 35.5. The van der Waals surface area contributed by atoms with Gasteiger partial charge in [0.25, 0.3) is 0 Å². The summed E-state index contributed by atoms with van der Waals surface area (Å²) in [5.74, 6) is 2.05. The zero-order valence-electron chi connectivity index (χ0n) is 12.9. The van der Waals surface area contributed by atoms with Gasteiger partial charge in [-0.1, -0.05) is 11.6 Å². The van der Waals surface area contributed by atoms with Gasteiger partial charge in [0.1, 0.15) is 5.82 Å². The molecule has 0 saturated carbocycles. The van der Waals surface area contributed by atoms with Crippen molar-refractivity contribution in [3.63, 3.8) is 0 Å². The highest BCUT2D eigenvalue weighted by Gasteiger charge is 2.17. The van der Waals surface area contributed by atoms with Crippen LogP contribution in [0.4, 0.5) is 0 Å². The molecule has 1 aromatic carbocycles. The van der Waals surface area contributed by atoms with Crippen molar-refractivity contribution in [3.8, 4) is 0 Å². The van der Waals surface area contributed by atoms with Crippen molar-refractivity contribution in [2.75, 3.05) is 13.1 Å². The topological polar surface area (TPSA) is 29.9 Å². The molecular weight excluding hydrogens is 282 g/mol. The zero-order chi connectivity index (χ0) is 14.8. The van der Waals surface area contributed by atoms with Crippen molar-refractivity contribution in [2.45, 2.75) is 45.6 Å². The largest absolute Gasteiger partial charge is 0.325 e. The van der Waals surface area contributed by atoms with Crippen molar-refractivity contribution < 1.29 is 0 Å². The molecule has 21 heavy (non-hydrogen) atoms.